The second kappa shape index (κ2) is 10.2. The molecule has 0 radical (unpaired) electrons. The van der Waals surface area contributed by atoms with E-state index in [1.165, 1.54) is 12.0 Å². The standard InChI is InChI=1S/C16H29N3S/c1-5-9-17-14(4)15-8-10-18-16(13-15)20-12-11-19(6-2)7-3/h8,10,13-14,17H,5-7,9,11-12H2,1-4H3. The molecule has 0 aliphatic rings. The zero-order valence-electron chi connectivity index (χ0n) is 13.4. The second-order valence-electron chi connectivity index (χ2n) is 4.98. The molecule has 3 nitrogen and oxygen atoms in total. The Kier molecular flexibility index (Phi) is 8.90. The predicted molar refractivity (Wildman–Crippen MR) is 89.5 cm³/mol. The molecule has 1 aromatic rings. The van der Waals surface area contributed by atoms with Crippen LogP contribution in [0.1, 0.15) is 45.7 Å². The van der Waals surface area contributed by atoms with Gasteiger partial charge in [-0.15, -0.1) is 11.8 Å². The van der Waals surface area contributed by atoms with Gasteiger partial charge in [-0.25, -0.2) is 4.98 Å². The van der Waals surface area contributed by atoms with Crippen molar-refractivity contribution in [2.24, 2.45) is 0 Å². The Bertz CT molecular complexity index is 366. The van der Waals surface area contributed by atoms with Crippen LogP contribution in [0.25, 0.3) is 0 Å². The van der Waals surface area contributed by atoms with Crippen molar-refractivity contribution in [2.75, 3.05) is 31.9 Å². The minimum Gasteiger partial charge on any atom is -0.310 e. The molecule has 4 heteroatoms. The summed E-state index contributed by atoms with van der Waals surface area (Å²) >= 11 is 1.85. The van der Waals surface area contributed by atoms with E-state index in [-0.39, 0.29) is 0 Å². The molecular weight excluding hydrogens is 266 g/mol. The summed E-state index contributed by atoms with van der Waals surface area (Å²) in [5.41, 5.74) is 1.33. The molecule has 0 spiro atoms. The molecule has 114 valence electrons. The quantitative estimate of drug-likeness (QED) is 0.668. The van der Waals surface area contributed by atoms with Gasteiger partial charge in [0.1, 0.15) is 0 Å². The maximum Gasteiger partial charge on any atom is 0.0963 e. The van der Waals surface area contributed by atoms with Crippen LogP contribution < -0.4 is 5.32 Å². The lowest BCUT2D eigenvalue weighted by molar-refractivity contribution is 0.324. The Balaban J connectivity index is 2.47. The molecule has 20 heavy (non-hydrogen) atoms. The first-order valence-electron chi connectivity index (χ1n) is 7.75. The Morgan fingerprint density at radius 3 is 2.70 bits per heavy atom. The van der Waals surface area contributed by atoms with Gasteiger partial charge in [-0.2, -0.15) is 0 Å². The van der Waals surface area contributed by atoms with Crippen molar-refractivity contribution in [3.05, 3.63) is 23.9 Å². The lowest BCUT2D eigenvalue weighted by Gasteiger charge is -2.17. The molecule has 0 aliphatic carbocycles. The van der Waals surface area contributed by atoms with E-state index in [2.05, 4.69) is 55.0 Å². The first kappa shape index (κ1) is 17.5. The van der Waals surface area contributed by atoms with Crippen LogP contribution in [0.3, 0.4) is 0 Å². The molecule has 0 saturated heterocycles. The van der Waals surface area contributed by atoms with Gasteiger partial charge in [0.2, 0.25) is 0 Å². The van der Waals surface area contributed by atoms with Crippen molar-refractivity contribution in [2.45, 2.75) is 45.2 Å². The molecule has 1 atom stereocenters. The molecule has 0 bridgehead atoms. The molecule has 0 aromatic carbocycles. The highest BCUT2D eigenvalue weighted by Crippen LogP contribution is 2.20. The predicted octanol–water partition coefficient (Wildman–Crippen LogP) is 3.58. The van der Waals surface area contributed by atoms with Crippen LogP contribution in [0.5, 0.6) is 0 Å². The molecule has 0 aliphatic heterocycles. The number of pyridine rings is 1. The maximum atomic E-state index is 4.47. The monoisotopic (exact) mass is 295 g/mol. The first-order chi connectivity index (χ1) is 9.71. The summed E-state index contributed by atoms with van der Waals surface area (Å²) < 4.78 is 0. The molecule has 1 N–H and O–H groups in total. The van der Waals surface area contributed by atoms with E-state index in [9.17, 15) is 0 Å². The van der Waals surface area contributed by atoms with E-state index in [1.54, 1.807) is 0 Å². The number of nitrogens with one attached hydrogen (secondary N) is 1. The van der Waals surface area contributed by atoms with Crippen molar-refractivity contribution in [3.63, 3.8) is 0 Å². The number of nitrogens with zero attached hydrogens (tertiary/aromatic N) is 2. The molecule has 1 heterocycles. The van der Waals surface area contributed by atoms with E-state index in [0.29, 0.717) is 6.04 Å². The third kappa shape index (κ3) is 6.25. The number of thioether (sulfide) groups is 1. The molecule has 1 unspecified atom stereocenters. The zero-order valence-corrected chi connectivity index (χ0v) is 14.2. The summed E-state index contributed by atoms with van der Waals surface area (Å²) in [6.45, 7) is 13.3. The van der Waals surface area contributed by atoms with Gasteiger partial charge in [-0.3, -0.25) is 0 Å². The number of rotatable bonds is 10. The second-order valence-corrected chi connectivity index (χ2v) is 6.09. The van der Waals surface area contributed by atoms with Gasteiger partial charge in [0, 0.05) is 24.5 Å². The van der Waals surface area contributed by atoms with Crippen LogP contribution >= 0.6 is 11.8 Å². The van der Waals surface area contributed by atoms with Crippen LogP contribution in [0, 0.1) is 0 Å². The van der Waals surface area contributed by atoms with Gasteiger partial charge >= 0.3 is 0 Å². The highest BCUT2D eigenvalue weighted by Gasteiger charge is 2.06. The van der Waals surface area contributed by atoms with Crippen LogP contribution in [-0.4, -0.2) is 41.8 Å². The third-order valence-electron chi connectivity index (χ3n) is 3.51. The van der Waals surface area contributed by atoms with Crippen molar-refractivity contribution in [1.29, 1.82) is 0 Å². The third-order valence-corrected chi connectivity index (χ3v) is 4.42. The summed E-state index contributed by atoms with van der Waals surface area (Å²) in [6.07, 6.45) is 3.10. The highest BCUT2D eigenvalue weighted by atomic mass is 32.2. The van der Waals surface area contributed by atoms with Crippen LogP contribution in [-0.2, 0) is 0 Å². The summed E-state index contributed by atoms with van der Waals surface area (Å²) in [7, 11) is 0. The van der Waals surface area contributed by atoms with Crippen molar-refractivity contribution in [1.82, 2.24) is 15.2 Å². The first-order valence-corrected chi connectivity index (χ1v) is 8.74. The fourth-order valence-corrected chi connectivity index (χ4v) is 2.98. The topological polar surface area (TPSA) is 28.2 Å². The Morgan fingerprint density at radius 1 is 1.30 bits per heavy atom. The Morgan fingerprint density at radius 2 is 2.05 bits per heavy atom. The fraction of sp³-hybridized carbons (Fsp3) is 0.688. The van der Waals surface area contributed by atoms with Crippen molar-refractivity contribution in [3.8, 4) is 0 Å². The molecule has 1 aromatic heterocycles. The van der Waals surface area contributed by atoms with Crippen LogP contribution in [0.4, 0.5) is 0 Å². The molecule has 0 fully saturated rings. The van der Waals surface area contributed by atoms with E-state index < -0.39 is 0 Å². The van der Waals surface area contributed by atoms with Gasteiger partial charge < -0.3 is 10.2 Å². The zero-order chi connectivity index (χ0) is 14.8. The van der Waals surface area contributed by atoms with Gasteiger partial charge in [0.25, 0.3) is 0 Å². The lowest BCUT2D eigenvalue weighted by Crippen LogP contribution is -2.25. The molecular formula is C16H29N3S. The minimum atomic E-state index is 0.403. The van der Waals surface area contributed by atoms with Crippen LogP contribution in [0.15, 0.2) is 23.4 Å². The van der Waals surface area contributed by atoms with Crippen molar-refractivity contribution >= 4 is 11.8 Å². The molecule has 0 amide bonds. The Labute approximate surface area is 128 Å². The van der Waals surface area contributed by atoms with E-state index in [4.69, 9.17) is 0 Å². The Hall–Kier alpha value is -0.580. The lowest BCUT2D eigenvalue weighted by atomic mass is 10.1. The average molecular weight is 295 g/mol. The van der Waals surface area contributed by atoms with E-state index >= 15 is 0 Å². The minimum absolute atomic E-state index is 0.403. The number of hydrogen-bond donors (Lipinski definition) is 1. The molecule has 1 rings (SSSR count). The summed E-state index contributed by atoms with van der Waals surface area (Å²) in [6, 6.07) is 4.74. The van der Waals surface area contributed by atoms with Gasteiger partial charge in [-0.1, -0.05) is 20.8 Å². The summed E-state index contributed by atoms with van der Waals surface area (Å²) in [5, 5.41) is 4.66. The van der Waals surface area contributed by atoms with Gasteiger partial charge in [0.05, 0.1) is 5.03 Å². The van der Waals surface area contributed by atoms with Gasteiger partial charge in [-0.05, 0) is 50.7 Å². The van der Waals surface area contributed by atoms with E-state index in [1.807, 2.05) is 18.0 Å². The largest absolute Gasteiger partial charge is 0.310 e. The smallest absolute Gasteiger partial charge is 0.0963 e. The number of hydrogen-bond acceptors (Lipinski definition) is 4. The van der Waals surface area contributed by atoms with Gasteiger partial charge in [0.15, 0.2) is 0 Å². The maximum absolute atomic E-state index is 4.47. The van der Waals surface area contributed by atoms with Crippen molar-refractivity contribution < 1.29 is 0 Å². The normalized spacial score (nSPS) is 12.8. The van der Waals surface area contributed by atoms with Crippen LogP contribution in [0.2, 0.25) is 0 Å². The summed E-state index contributed by atoms with van der Waals surface area (Å²) in [5.74, 6) is 1.11. The average Bonchev–Trinajstić information content (AvgIpc) is 2.49. The SMILES string of the molecule is CCCNC(C)c1ccnc(SCCN(CC)CC)c1. The summed E-state index contributed by atoms with van der Waals surface area (Å²) in [4.78, 5) is 6.91. The van der Waals surface area contributed by atoms with E-state index in [0.717, 1.165) is 37.0 Å². The number of aromatic nitrogens is 1. The highest BCUT2D eigenvalue weighted by molar-refractivity contribution is 7.99. The molecule has 0 saturated carbocycles. The fourth-order valence-electron chi connectivity index (χ4n) is 2.07.